The number of benzene rings is 1. The molecule has 1 amide bonds. The summed E-state index contributed by atoms with van der Waals surface area (Å²) in [5, 5.41) is 9.56. The summed E-state index contributed by atoms with van der Waals surface area (Å²) >= 11 is 0. The average molecular weight is 465 g/mol. The van der Waals surface area contributed by atoms with E-state index in [4.69, 9.17) is 5.73 Å². The van der Waals surface area contributed by atoms with Gasteiger partial charge in [-0.1, -0.05) is 13.0 Å². The summed E-state index contributed by atoms with van der Waals surface area (Å²) in [5.74, 6) is -0.520. The van der Waals surface area contributed by atoms with Crippen molar-refractivity contribution in [3.63, 3.8) is 0 Å². The molecule has 1 aliphatic heterocycles. The topological polar surface area (TPSA) is 108 Å². The van der Waals surface area contributed by atoms with Crippen molar-refractivity contribution in [2.75, 3.05) is 38.5 Å². The maximum atomic E-state index is 15.2. The summed E-state index contributed by atoms with van der Waals surface area (Å²) in [6, 6.07) is 8.14. The number of halogens is 1. The molecule has 1 fully saturated rings. The van der Waals surface area contributed by atoms with Gasteiger partial charge in [0.15, 0.2) is 0 Å². The molecule has 178 valence electrons. The maximum absolute atomic E-state index is 15.2. The Morgan fingerprint density at radius 2 is 1.85 bits per heavy atom. The van der Waals surface area contributed by atoms with Gasteiger partial charge in [0.1, 0.15) is 18.0 Å². The number of nitrogen functional groups attached to an aromatic ring is 1. The van der Waals surface area contributed by atoms with Crippen molar-refractivity contribution < 1.29 is 14.3 Å². The minimum absolute atomic E-state index is 0.0354. The third-order valence-electron chi connectivity index (χ3n) is 5.99. The van der Waals surface area contributed by atoms with E-state index < -0.39 is 11.9 Å². The van der Waals surface area contributed by atoms with Gasteiger partial charge in [-0.05, 0) is 37.6 Å². The van der Waals surface area contributed by atoms with Gasteiger partial charge in [-0.25, -0.2) is 19.3 Å². The van der Waals surface area contributed by atoms with Crippen LogP contribution < -0.4 is 5.73 Å². The Morgan fingerprint density at radius 1 is 1.12 bits per heavy atom. The van der Waals surface area contributed by atoms with Gasteiger partial charge in [0.05, 0.1) is 23.1 Å². The highest BCUT2D eigenvalue weighted by Gasteiger charge is 2.25. The molecule has 1 unspecified atom stereocenters. The molecule has 3 heterocycles. The summed E-state index contributed by atoms with van der Waals surface area (Å²) in [6.45, 7) is 6.58. The summed E-state index contributed by atoms with van der Waals surface area (Å²) in [7, 11) is 0. The zero-order valence-corrected chi connectivity index (χ0v) is 19.4. The van der Waals surface area contributed by atoms with Crippen LogP contribution in [0.3, 0.4) is 0 Å². The number of hydrogen-bond donors (Lipinski definition) is 2. The zero-order chi connectivity index (χ0) is 24.2. The molecule has 0 saturated carbocycles. The van der Waals surface area contributed by atoms with Crippen molar-refractivity contribution in [1.82, 2.24) is 24.8 Å². The molecule has 0 radical (unpaired) electrons. The van der Waals surface area contributed by atoms with Crippen molar-refractivity contribution >= 4 is 11.7 Å². The van der Waals surface area contributed by atoms with E-state index >= 15 is 4.39 Å². The molecule has 0 spiro atoms. The highest BCUT2D eigenvalue weighted by molar-refractivity contribution is 5.95. The van der Waals surface area contributed by atoms with Gasteiger partial charge in [0.25, 0.3) is 5.91 Å². The molecule has 1 aromatic carbocycles. The molecule has 1 atom stereocenters. The van der Waals surface area contributed by atoms with E-state index in [0.717, 1.165) is 16.8 Å². The number of anilines is 1. The number of aromatic nitrogens is 3. The first kappa shape index (κ1) is 23.7. The van der Waals surface area contributed by atoms with E-state index in [9.17, 15) is 9.90 Å². The van der Waals surface area contributed by atoms with Crippen LogP contribution in [-0.4, -0.2) is 74.6 Å². The zero-order valence-electron chi connectivity index (χ0n) is 19.4. The maximum Gasteiger partial charge on any atom is 0.256 e. The molecular weight excluding hydrogens is 435 g/mol. The molecule has 3 N–H and O–H groups in total. The van der Waals surface area contributed by atoms with Crippen LogP contribution in [0.25, 0.3) is 22.4 Å². The lowest BCUT2D eigenvalue weighted by Gasteiger charge is -2.35. The summed E-state index contributed by atoms with van der Waals surface area (Å²) < 4.78 is 15.2. The largest absolute Gasteiger partial charge is 0.392 e. The number of amides is 1. The van der Waals surface area contributed by atoms with Gasteiger partial charge in [-0.15, -0.1) is 0 Å². The molecule has 4 rings (SSSR count). The monoisotopic (exact) mass is 464 g/mol. The van der Waals surface area contributed by atoms with Gasteiger partial charge >= 0.3 is 0 Å². The second-order valence-corrected chi connectivity index (χ2v) is 8.51. The van der Waals surface area contributed by atoms with Gasteiger partial charge in [0, 0.05) is 55.6 Å². The Kier molecular flexibility index (Phi) is 7.14. The van der Waals surface area contributed by atoms with Crippen molar-refractivity contribution in [2.24, 2.45) is 0 Å². The number of rotatable bonds is 6. The van der Waals surface area contributed by atoms with Crippen LogP contribution in [0.2, 0.25) is 0 Å². The standard InChI is InChI=1S/C25H29FN6O2/c1-3-21-23(18-5-7-22(27)28-13-18)24(30-15-29-21)17-4-6-19(20(26)12-17)25(34)32-10-8-31(9-11-32)14-16(2)33/h4-7,12-13,15-16,33H,3,8-11,14H2,1-2H3,(H2,27,28). The van der Waals surface area contributed by atoms with Crippen LogP contribution >= 0.6 is 0 Å². The number of aliphatic hydroxyl groups excluding tert-OH is 1. The van der Waals surface area contributed by atoms with Gasteiger partial charge in [0.2, 0.25) is 0 Å². The van der Waals surface area contributed by atoms with Crippen molar-refractivity contribution in [3.8, 4) is 22.4 Å². The summed E-state index contributed by atoms with van der Waals surface area (Å²) in [4.78, 5) is 29.7. The minimum atomic E-state index is -0.591. The van der Waals surface area contributed by atoms with E-state index in [-0.39, 0.29) is 11.5 Å². The number of nitrogens with two attached hydrogens (primary N) is 1. The number of aliphatic hydroxyl groups is 1. The number of carbonyl (C=O) groups excluding carboxylic acids is 1. The first-order valence-electron chi connectivity index (χ1n) is 11.4. The van der Waals surface area contributed by atoms with Crippen LogP contribution in [0.15, 0.2) is 42.9 Å². The first-order valence-corrected chi connectivity index (χ1v) is 11.4. The fourth-order valence-corrected chi connectivity index (χ4v) is 4.28. The van der Waals surface area contributed by atoms with E-state index in [2.05, 4.69) is 19.9 Å². The fraction of sp³-hybridized carbons (Fsp3) is 0.360. The van der Waals surface area contributed by atoms with E-state index in [1.807, 2.05) is 13.0 Å². The summed E-state index contributed by atoms with van der Waals surface area (Å²) in [6.07, 6.45) is 3.36. The van der Waals surface area contributed by atoms with Gasteiger partial charge in [-0.2, -0.15) is 0 Å². The number of carbonyl (C=O) groups is 1. The number of β-amino-alcohol motifs (C(OH)–C–C–N with tert-alkyl or cyclic N) is 1. The Hall–Kier alpha value is -3.43. The Balaban J connectivity index is 1.61. The molecule has 3 aromatic rings. The second kappa shape index (κ2) is 10.2. The quantitative estimate of drug-likeness (QED) is 0.577. The molecule has 2 aromatic heterocycles. The number of pyridine rings is 1. The highest BCUT2D eigenvalue weighted by Crippen LogP contribution is 2.33. The molecule has 1 aliphatic rings. The van der Waals surface area contributed by atoms with E-state index in [1.165, 1.54) is 18.5 Å². The molecule has 34 heavy (non-hydrogen) atoms. The minimum Gasteiger partial charge on any atom is -0.392 e. The van der Waals surface area contributed by atoms with Crippen LogP contribution in [0, 0.1) is 5.82 Å². The summed E-state index contributed by atoms with van der Waals surface area (Å²) in [5.41, 5.74) is 9.27. The first-order chi connectivity index (χ1) is 16.4. The van der Waals surface area contributed by atoms with E-state index in [0.29, 0.717) is 56.2 Å². The van der Waals surface area contributed by atoms with Crippen LogP contribution in [0.1, 0.15) is 29.9 Å². The predicted molar refractivity (Wildman–Crippen MR) is 128 cm³/mol. The lowest BCUT2D eigenvalue weighted by molar-refractivity contribution is 0.0550. The SMILES string of the molecule is CCc1ncnc(-c2ccc(C(=O)N3CCN(CC(C)O)CC3)c(F)c2)c1-c1ccc(N)nc1. The fourth-order valence-electron chi connectivity index (χ4n) is 4.28. The third-order valence-corrected chi connectivity index (χ3v) is 5.99. The second-order valence-electron chi connectivity index (χ2n) is 8.51. The smallest absolute Gasteiger partial charge is 0.256 e. The Labute approximate surface area is 198 Å². The molecule has 8 nitrogen and oxygen atoms in total. The van der Waals surface area contributed by atoms with E-state index in [1.54, 1.807) is 30.2 Å². The molecule has 0 bridgehead atoms. The third kappa shape index (κ3) is 5.05. The molecular formula is C25H29FN6O2. The van der Waals surface area contributed by atoms with Crippen molar-refractivity contribution in [3.05, 3.63) is 59.9 Å². The normalized spacial score (nSPS) is 15.4. The van der Waals surface area contributed by atoms with Crippen LogP contribution in [-0.2, 0) is 6.42 Å². The predicted octanol–water partition coefficient (Wildman–Crippen LogP) is 2.63. The number of aryl methyl sites for hydroxylation is 1. The Morgan fingerprint density at radius 3 is 2.47 bits per heavy atom. The van der Waals surface area contributed by atoms with Gasteiger partial charge < -0.3 is 15.7 Å². The molecule has 1 saturated heterocycles. The molecule has 9 heteroatoms. The van der Waals surface area contributed by atoms with Crippen LogP contribution in [0.4, 0.5) is 10.2 Å². The number of nitrogens with zero attached hydrogens (tertiary/aromatic N) is 5. The lowest BCUT2D eigenvalue weighted by atomic mass is 9.96. The lowest BCUT2D eigenvalue weighted by Crippen LogP contribution is -2.50. The Bertz CT molecular complexity index is 1160. The van der Waals surface area contributed by atoms with Crippen molar-refractivity contribution in [2.45, 2.75) is 26.4 Å². The van der Waals surface area contributed by atoms with Crippen LogP contribution in [0.5, 0.6) is 0 Å². The highest BCUT2D eigenvalue weighted by atomic mass is 19.1. The van der Waals surface area contributed by atoms with Crippen molar-refractivity contribution in [1.29, 1.82) is 0 Å². The van der Waals surface area contributed by atoms with Gasteiger partial charge in [-0.3, -0.25) is 9.69 Å². The number of hydrogen-bond acceptors (Lipinski definition) is 7. The average Bonchev–Trinajstić information content (AvgIpc) is 2.84. The number of piperazine rings is 1. The molecule has 0 aliphatic carbocycles.